The van der Waals surface area contributed by atoms with Crippen molar-refractivity contribution in [1.82, 2.24) is 10.6 Å². The molecule has 1 aliphatic rings. The van der Waals surface area contributed by atoms with Gasteiger partial charge in [0.15, 0.2) is 0 Å². The molecule has 2 N–H and O–H groups in total. The Morgan fingerprint density at radius 3 is 2.75 bits per heavy atom. The summed E-state index contributed by atoms with van der Waals surface area (Å²) in [6, 6.07) is 10.7. The predicted molar refractivity (Wildman–Crippen MR) is 68.4 cm³/mol. The highest BCUT2D eigenvalue weighted by atomic mass is 15.1. The summed E-state index contributed by atoms with van der Waals surface area (Å²) in [6.07, 6.45) is 3.78. The van der Waals surface area contributed by atoms with Crippen LogP contribution in [0.5, 0.6) is 0 Å². The molecule has 1 aliphatic heterocycles. The Kier molecular flexibility index (Phi) is 3.97. The minimum atomic E-state index is 0.338. The van der Waals surface area contributed by atoms with E-state index >= 15 is 0 Å². The molecule has 0 aliphatic carbocycles. The molecule has 1 aromatic carbocycles. The fraction of sp³-hybridized carbons (Fsp3) is 0.571. The second kappa shape index (κ2) is 5.46. The van der Waals surface area contributed by atoms with Gasteiger partial charge in [0.05, 0.1) is 0 Å². The maximum Gasteiger partial charge on any atom is 0.0321 e. The molecule has 0 unspecified atom stereocenters. The highest BCUT2D eigenvalue weighted by Gasteiger charge is 2.31. The molecule has 2 nitrogen and oxygen atoms in total. The highest BCUT2D eigenvalue weighted by Crippen LogP contribution is 2.21. The van der Waals surface area contributed by atoms with Crippen molar-refractivity contribution in [3.63, 3.8) is 0 Å². The van der Waals surface area contributed by atoms with Gasteiger partial charge in [-0.05, 0) is 24.9 Å². The molecule has 1 saturated heterocycles. The molecule has 88 valence electrons. The fourth-order valence-corrected chi connectivity index (χ4v) is 2.56. The molecular formula is C14H22N2. The first-order valence-corrected chi connectivity index (χ1v) is 6.34. The molecular weight excluding hydrogens is 196 g/mol. The summed E-state index contributed by atoms with van der Waals surface area (Å²) in [7, 11) is 0. The summed E-state index contributed by atoms with van der Waals surface area (Å²) in [4.78, 5) is 0. The summed E-state index contributed by atoms with van der Waals surface area (Å²) < 4.78 is 0. The molecule has 0 spiro atoms. The van der Waals surface area contributed by atoms with E-state index in [0.717, 1.165) is 19.6 Å². The van der Waals surface area contributed by atoms with Gasteiger partial charge in [-0.15, -0.1) is 0 Å². The Morgan fingerprint density at radius 2 is 2.12 bits per heavy atom. The summed E-state index contributed by atoms with van der Waals surface area (Å²) in [5, 5.41) is 7.22. The Bertz CT molecular complexity index is 302. The quantitative estimate of drug-likeness (QED) is 0.792. The third-order valence-corrected chi connectivity index (χ3v) is 3.48. The van der Waals surface area contributed by atoms with E-state index < -0.39 is 0 Å². The van der Waals surface area contributed by atoms with Crippen molar-refractivity contribution in [3.05, 3.63) is 35.9 Å². The van der Waals surface area contributed by atoms with Gasteiger partial charge in [0.25, 0.3) is 0 Å². The van der Waals surface area contributed by atoms with Gasteiger partial charge in [-0.1, -0.05) is 43.7 Å². The Morgan fingerprint density at radius 1 is 1.31 bits per heavy atom. The topological polar surface area (TPSA) is 24.1 Å². The van der Waals surface area contributed by atoms with E-state index in [1.807, 2.05) is 0 Å². The molecule has 2 rings (SSSR count). The van der Waals surface area contributed by atoms with Crippen molar-refractivity contribution in [3.8, 4) is 0 Å². The summed E-state index contributed by atoms with van der Waals surface area (Å²) >= 11 is 0. The maximum atomic E-state index is 3.75. The van der Waals surface area contributed by atoms with Crippen molar-refractivity contribution >= 4 is 0 Å². The van der Waals surface area contributed by atoms with Crippen LogP contribution in [0.4, 0.5) is 0 Å². The average molecular weight is 218 g/mol. The molecule has 1 aromatic rings. The molecule has 0 radical (unpaired) electrons. The fourth-order valence-electron chi connectivity index (χ4n) is 2.56. The van der Waals surface area contributed by atoms with Crippen molar-refractivity contribution in [2.45, 2.75) is 38.3 Å². The molecule has 1 atom stereocenters. The van der Waals surface area contributed by atoms with Gasteiger partial charge in [0.2, 0.25) is 0 Å². The van der Waals surface area contributed by atoms with E-state index in [4.69, 9.17) is 0 Å². The second-order valence-corrected chi connectivity index (χ2v) is 4.80. The SMILES string of the molecule is CCC[C@@]1(NCc2ccccc2)CCNC1. The smallest absolute Gasteiger partial charge is 0.0321 e. The van der Waals surface area contributed by atoms with Crippen LogP contribution < -0.4 is 10.6 Å². The van der Waals surface area contributed by atoms with E-state index in [2.05, 4.69) is 47.9 Å². The van der Waals surface area contributed by atoms with Crippen LogP contribution in [0.1, 0.15) is 31.7 Å². The van der Waals surface area contributed by atoms with Crippen LogP contribution in [-0.2, 0) is 6.54 Å². The van der Waals surface area contributed by atoms with Gasteiger partial charge < -0.3 is 10.6 Å². The highest BCUT2D eigenvalue weighted by molar-refractivity contribution is 5.15. The molecule has 16 heavy (non-hydrogen) atoms. The average Bonchev–Trinajstić information content (AvgIpc) is 2.78. The predicted octanol–water partition coefficient (Wildman–Crippen LogP) is 2.31. The summed E-state index contributed by atoms with van der Waals surface area (Å²) in [5.41, 5.74) is 1.72. The van der Waals surface area contributed by atoms with Crippen molar-refractivity contribution in [1.29, 1.82) is 0 Å². The monoisotopic (exact) mass is 218 g/mol. The zero-order valence-electron chi connectivity index (χ0n) is 10.1. The zero-order chi connectivity index (χ0) is 11.3. The minimum absolute atomic E-state index is 0.338. The van der Waals surface area contributed by atoms with Gasteiger partial charge in [-0.2, -0.15) is 0 Å². The lowest BCUT2D eigenvalue weighted by atomic mass is 9.92. The first-order chi connectivity index (χ1) is 7.85. The molecule has 1 fully saturated rings. The van der Waals surface area contributed by atoms with E-state index in [9.17, 15) is 0 Å². The van der Waals surface area contributed by atoms with Crippen molar-refractivity contribution in [2.24, 2.45) is 0 Å². The Hall–Kier alpha value is -0.860. The molecule has 0 aromatic heterocycles. The lowest BCUT2D eigenvalue weighted by molar-refractivity contribution is 0.324. The second-order valence-electron chi connectivity index (χ2n) is 4.80. The summed E-state index contributed by atoms with van der Waals surface area (Å²) in [5.74, 6) is 0. The standard InChI is InChI=1S/C14H22N2/c1-2-8-14(9-10-15-12-14)16-11-13-6-4-3-5-7-13/h3-7,15-16H,2,8-12H2,1H3/t14-/m1/s1. The molecule has 2 heteroatoms. The molecule has 0 amide bonds. The maximum absolute atomic E-state index is 3.75. The molecule has 0 saturated carbocycles. The van der Waals surface area contributed by atoms with Crippen molar-refractivity contribution < 1.29 is 0 Å². The van der Waals surface area contributed by atoms with Gasteiger partial charge in [-0.3, -0.25) is 0 Å². The van der Waals surface area contributed by atoms with Crippen LogP contribution in [0.2, 0.25) is 0 Å². The Balaban J connectivity index is 1.92. The molecule has 0 bridgehead atoms. The van der Waals surface area contributed by atoms with Crippen molar-refractivity contribution in [2.75, 3.05) is 13.1 Å². The van der Waals surface area contributed by atoms with Crippen LogP contribution >= 0.6 is 0 Å². The van der Waals surface area contributed by atoms with Crippen LogP contribution in [0.3, 0.4) is 0 Å². The number of rotatable bonds is 5. The Labute approximate surface area is 98.4 Å². The van der Waals surface area contributed by atoms with E-state index in [1.165, 1.54) is 24.8 Å². The normalized spacial score (nSPS) is 24.8. The number of hydrogen-bond acceptors (Lipinski definition) is 2. The van der Waals surface area contributed by atoms with E-state index in [-0.39, 0.29) is 0 Å². The van der Waals surface area contributed by atoms with Gasteiger partial charge >= 0.3 is 0 Å². The van der Waals surface area contributed by atoms with E-state index in [1.54, 1.807) is 0 Å². The van der Waals surface area contributed by atoms with Gasteiger partial charge in [0.1, 0.15) is 0 Å². The van der Waals surface area contributed by atoms with E-state index in [0.29, 0.717) is 5.54 Å². The molecule has 1 heterocycles. The van der Waals surface area contributed by atoms with Crippen LogP contribution in [0, 0.1) is 0 Å². The third kappa shape index (κ3) is 2.83. The minimum Gasteiger partial charge on any atom is -0.315 e. The number of hydrogen-bond donors (Lipinski definition) is 2. The third-order valence-electron chi connectivity index (χ3n) is 3.48. The zero-order valence-corrected chi connectivity index (χ0v) is 10.1. The van der Waals surface area contributed by atoms with Crippen LogP contribution in [0.15, 0.2) is 30.3 Å². The first kappa shape index (κ1) is 11.6. The number of benzene rings is 1. The lowest BCUT2D eigenvalue weighted by Crippen LogP contribution is -2.46. The number of nitrogens with one attached hydrogen (secondary N) is 2. The lowest BCUT2D eigenvalue weighted by Gasteiger charge is -2.29. The summed E-state index contributed by atoms with van der Waals surface area (Å²) in [6.45, 7) is 5.53. The van der Waals surface area contributed by atoms with Gasteiger partial charge in [0, 0.05) is 18.6 Å². The van der Waals surface area contributed by atoms with Crippen LogP contribution in [-0.4, -0.2) is 18.6 Å². The largest absolute Gasteiger partial charge is 0.315 e. The first-order valence-electron chi connectivity index (χ1n) is 6.34. The van der Waals surface area contributed by atoms with Gasteiger partial charge in [-0.25, -0.2) is 0 Å². The van der Waals surface area contributed by atoms with Crippen LogP contribution in [0.25, 0.3) is 0 Å².